The van der Waals surface area contributed by atoms with E-state index in [0.717, 1.165) is 0 Å². The van der Waals surface area contributed by atoms with Crippen LogP contribution in [0.1, 0.15) is 15.9 Å². The minimum Gasteiger partial charge on any atom is -0.493 e. The maximum Gasteiger partial charge on any atom is 0.337 e. The summed E-state index contributed by atoms with van der Waals surface area (Å²) in [4.78, 5) is 23.9. The molecule has 28 heavy (non-hydrogen) atoms. The highest BCUT2D eigenvalue weighted by molar-refractivity contribution is 9.10. The van der Waals surface area contributed by atoms with Crippen molar-refractivity contribution in [3.63, 3.8) is 0 Å². The van der Waals surface area contributed by atoms with Crippen LogP contribution in [0.4, 0.5) is 5.69 Å². The second-order valence-electron chi connectivity index (χ2n) is 5.42. The third-order valence-corrected chi connectivity index (χ3v) is 4.42. The van der Waals surface area contributed by atoms with Crippen LogP contribution in [0.5, 0.6) is 11.5 Å². The van der Waals surface area contributed by atoms with E-state index in [0.29, 0.717) is 32.8 Å². The van der Waals surface area contributed by atoms with Gasteiger partial charge in [0.1, 0.15) is 11.6 Å². The maximum atomic E-state index is 12.4. The largest absolute Gasteiger partial charge is 0.493 e. The number of hydrogen-bond acceptors (Lipinski definition) is 6. The molecule has 7 nitrogen and oxygen atoms in total. The predicted molar refractivity (Wildman–Crippen MR) is 107 cm³/mol. The van der Waals surface area contributed by atoms with Gasteiger partial charge in [0.25, 0.3) is 5.91 Å². The molecule has 1 amide bonds. The number of anilines is 1. The number of esters is 1. The van der Waals surface area contributed by atoms with E-state index in [1.165, 1.54) is 39.5 Å². The molecule has 2 aromatic rings. The summed E-state index contributed by atoms with van der Waals surface area (Å²) in [5.74, 6) is -0.0861. The molecule has 2 rings (SSSR count). The van der Waals surface area contributed by atoms with E-state index in [4.69, 9.17) is 9.47 Å². The Bertz CT molecular complexity index is 962. The van der Waals surface area contributed by atoms with Crippen LogP contribution in [-0.4, -0.2) is 33.2 Å². The highest BCUT2D eigenvalue weighted by atomic mass is 79.9. The molecule has 0 spiro atoms. The van der Waals surface area contributed by atoms with Crippen LogP contribution in [0.2, 0.25) is 0 Å². The lowest BCUT2D eigenvalue weighted by molar-refractivity contribution is -0.112. The average Bonchev–Trinajstić information content (AvgIpc) is 2.72. The van der Waals surface area contributed by atoms with Gasteiger partial charge in [-0.25, -0.2) is 4.79 Å². The molecule has 0 aliphatic heterocycles. The summed E-state index contributed by atoms with van der Waals surface area (Å²) in [7, 11) is 4.29. The summed E-state index contributed by atoms with van der Waals surface area (Å²) < 4.78 is 15.7. The Kier molecular flexibility index (Phi) is 7.18. The van der Waals surface area contributed by atoms with Crippen LogP contribution in [-0.2, 0) is 9.53 Å². The van der Waals surface area contributed by atoms with E-state index in [9.17, 15) is 14.9 Å². The SMILES string of the molecule is COC(=O)c1ccc(NC(=O)/C(C#N)=C/c2cc(OC)c(OC)cc2Br)cc1. The van der Waals surface area contributed by atoms with Crippen LogP contribution in [0.15, 0.2) is 46.4 Å². The molecule has 0 bridgehead atoms. The standard InChI is InChI=1S/C20H17BrN2O5/c1-26-17-9-13(16(21)10-18(17)27-2)8-14(11-22)19(24)23-15-6-4-12(5-7-15)20(25)28-3/h4-10H,1-3H3,(H,23,24)/b14-8+. The van der Waals surface area contributed by atoms with Crippen molar-refractivity contribution in [3.8, 4) is 17.6 Å². The van der Waals surface area contributed by atoms with Gasteiger partial charge in [-0.05, 0) is 48.0 Å². The number of ether oxygens (including phenoxy) is 3. The van der Waals surface area contributed by atoms with Crippen molar-refractivity contribution in [2.45, 2.75) is 0 Å². The van der Waals surface area contributed by atoms with E-state index in [1.807, 2.05) is 6.07 Å². The lowest BCUT2D eigenvalue weighted by atomic mass is 10.1. The minimum atomic E-state index is -0.588. The van der Waals surface area contributed by atoms with Crippen molar-refractivity contribution < 1.29 is 23.8 Å². The van der Waals surface area contributed by atoms with Gasteiger partial charge < -0.3 is 19.5 Å². The highest BCUT2D eigenvalue weighted by Gasteiger charge is 2.14. The van der Waals surface area contributed by atoms with E-state index in [2.05, 4.69) is 26.0 Å². The van der Waals surface area contributed by atoms with Crippen LogP contribution < -0.4 is 14.8 Å². The first kappa shape index (κ1) is 21.0. The first-order valence-electron chi connectivity index (χ1n) is 7.96. The molecule has 144 valence electrons. The monoisotopic (exact) mass is 444 g/mol. The van der Waals surface area contributed by atoms with Gasteiger partial charge in [-0.1, -0.05) is 15.9 Å². The van der Waals surface area contributed by atoms with E-state index in [1.54, 1.807) is 24.3 Å². The molecule has 0 atom stereocenters. The summed E-state index contributed by atoms with van der Waals surface area (Å²) in [6, 6.07) is 11.3. The number of carbonyl (C=O) groups is 2. The number of amides is 1. The zero-order valence-electron chi connectivity index (χ0n) is 15.4. The van der Waals surface area contributed by atoms with Crippen molar-refractivity contribution in [2.75, 3.05) is 26.6 Å². The van der Waals surface area contributed by atoms with Gasteiger partial charge in [0.05, 0.1) is 26.9 Å². The third-order valence-electron chi connectivity index (χ3n) is 3.73. The smallest absolute Gasteiger partial charge is 0.337 e. The molecule has 0 heterocycles. The number of nitriles is 1. The number of nitrogens with one attached hydrogen (secondary N) is 1. The first-order chi connectivity index (χ1) is 13.4. The van der Waals surface area contributed by atoms with Crippen molar-refractivity contribution in [1.82, 2.24) is 0 Å². The number of nitrogens with zero attached hydrogens (tertiary/aromatic N) is 1. The molecule has 0 aliphatic rings. The van der Waals surface area contributed by atoms with Crippen molar-refractivity contribution in [1.29, 1.82) is 5.26 Å². The highest BCUT2D eigenvalue weighted by Crippen LogP contribution is 2.34. The molecular formula is C20H17BrN2O5. The second-order valence-corrected chi connectivity index (χ2v) is 6.28. The molecule has 0 aromatic heterocycles. The van der Waals surface area contributed by atoms with Crippen LogP contribution >= 0.6 is 15.9 Å². The zero-order chi connectivity index (χ0) is 20.7. The summed E-state index contributed by atoms with van der Waals surface area (Å²) in [6.45, 7) is 0. The fourth-order valence-corrected chi connectivity index (χ4v) is 2.73. The normalized spacial score (nSPS) is 10.6. The van der Waals surface area contributed by atoms with Crippen molar-refractivity contribution in [3.05, 3.63) is 57.6 Å². The van der Waals surface area contributed by atoms with Crippen LogP contribution in [0, 0.1) is 11.3 Å². The van der Waals surface area contributed by atoms with Crippen LogP contribution in [0.25, 0.3) is 6.08 Å². The van der Waals surface area contributed by atoms with Gasteiger partial charge in [-0.15, -0.1) is 0 Å². The minimum absolute atomic E-state index is 0.107. The Labute approximate surface area is 170 Å². The molecule has 0 fully saturated rings. The van der Waals surface area contributed by atoms with E-state index in [-0.39, 0.29) is 5.57 Å². The lowest BCUT2D eigenvalue weighted by Gasteiger charge is -2.10. The van der Waals surface area contributed by atoms with Gasteiger partial charge in [0.2, 0.25) is 0 Å². The molecule has 2 aromatic carbocycles. The molecule has 0 aliphatic carbocycles. The Morgan fingerprint density at radius 3 is 2.21 bits per heavy atom. The summed E-state index contributed by atoms with van der Waals surface area (Å²) in [5, 5.41) is 12.0. The van der Waals surface area contributed by atoms with Gasteiger partial charge in [-0.3, -0.25) is 4.79 Å². The molecule has 1 N–H and O–H groups in total. The van der Waals surface area contributed by atoms with Gasteiger partial charge >= 0.3 is 5.97 Å². The molecule has 8 heteroatoms. The number of methoxy groups -OCH3 is 3. The second kappa shape index (κ2) is 9.58. The number of rotatable bonds is 6. The molecular weight excluding hydrogens is 428 g/mol. The number of carbonyl (C=O) groups excluding carboxylic acids is 2. The Balaban J connectivity index is 2.26. The third kappa shape index (κ3) is 4.90. The van der Waals surface area contributed by atoms with Gasteiger partial charge in [0.15, 0.2) is 11.5 Å². The topological polar surface area (TPSA) is 97.7 Å². The zero-order valence-corrected chi connectivity index (χ0v) is 17.0. The van der Waals surface area contributed by atoms with E-state index >= 15 is 0 Å². The Morgan fingerprint density at radius 2 is 1.68 bits per heavy atom. The fraction of sp³-hybridized carbons (Fsp3) is 0.150. The molecule has 0 radical (unpaired) electrons. The van der Waals surface area contributed by atoms with Crippen molar-refractivity contribution >= 4 is 39.6 Å². The Hall–Kier alpha value is -3.31. The summed E-state index contributed by atoms with van der Waals surface area (Å²) in [6.07, 6.45) is 1.43. The molecule has 0 unspecified atom stereocenters. The predicted octanol–water partition coefficient (Wildman–Crippen LogP) is 3.80. The van der Waals surface area contributed by atoms with E-state index < -0.39 is 11.9 Å². The maximum absolute atomic E-state index is 12.4. The Morgan fingerprint density at radius 1 is 1.07 bits per heavy atom. The number of hydrogen-bond donors (Lipinski definition) is 1. The van der Waals surface area contributed by atoms with Crippen molar-refractivity contribution in [2.24, 2.45) is 0 Å². The van der Waals surface area contributed by atoms with Gasteiger partial charge in [0, 0.05) is 10.2 Å². The first-order valence-corrected chi connectivity index (χ1v) is 8.75. The molecule has 0 saturated carbocycles. The van der Waals surface area contributed by atoms with Crippen LogP contribution in [0.3, 0.4) is 0 Å². The summed E-state index contributed by atoms with van der Waals surface area (Å²) >= 11 is 3.39. The van der Waals surface area contributed by atoms with Gasteiger partial charge in [-0.2, -0.15) is 5.26 Å². The quantitative estimate of drug-likeness (QED) is 0.413. The fourth-order valence-electron chi connectivity index (χ4n) is 2.29. The lowest BCUT2D eigenvalue weighted by Crippen LogP contribution is -2.13. The number of halogens is 1. The molecule has 0 saturated heterocycles. The average molecular weight is 445 g/mol. The summed E-state index contributed by atoms with van der Waals surface area (Å²) in [5.41, 5.74) is 1.26. The number of benzene rings is 2.